The molecule has 0 spiro atoms. The van der Waals surface area contributed by atoms with E-state index in [2.05, 4.69) is 9.97 Å². The lowest BCUT2D eigenvalue weighted by Crippen LogP contribution is -2.32. The highest BCUT2D eigenvalue weighted by Gasteiger charge is 2.36. The Morgan fingerprint density at radius 1 is 0.973 bits per heavy atom. The van der Waals surface area contributed by atoms with Crippen LogP contribution in [-0.4, -0.2) is 29.5 Å². The van der Waals surface area contributed by atoms with E-state index in [1.54, 1.807) is 6.20 Å². The number of hydrogen-bond acceptors (Lipinski definition) is 5. The van der Waals surface area contributed by atoms with Gasteiger partial charge in [-0.05, 0) is 60.5 Å². The lowest BCUT2D eigenvalue weighted by molar-refractivity contribution is -0.137. The zero-order chi connectivity index (χ0) is 26.4. The van der Waals surface area contributed by atoms with Gasteiger partial charge in [-0.15, -0.1) is 0 Å². The minimum Gasteiger partial charge on any atom is -0.478 e. The molecule has 1 saturated carbocycles. The van der Waals surface area contributed by atoms with E-state index in [4.69, 9.17) is 0 Å². The van der Waals surface area contributed by atoms with E-state index >= 15 is 0 Å². The number of carboxylic acids is 1. The Balaban J connectivity index is 1.65. The average molecular weight is 528 g/mol. The Labute approximate surface area is 210 Å². The van der Waals surface area contributed by atoms with Crippen molar-refractivity contribution in [3.05, 3.63) is 95.4 Å². The van der Waals surface area contributed by atoms with Gasteiger partial charge in [-0.2, -0.15) is 13.2 Å². The summed E-state index contributed by atoms with van der Waals surface area (Å²) in [4.78, 5) is 19.4. The third-order valence-corrected chi connectivity index (χ3v) is 7.94. The Morgan fingerprint density at radius 2 is 1.68 bits per heavy atom. The molecule has 1 N–H and O–H groups in total. The van der Waals surface area contributed by atoms with E-state index in [9.17, 15) is 31.5 Å². The zero-order valence-corrected chi connectivity index (χ0v) is 20.0. The smallest absolute Gasteiger partial charge is 0.417 e. The Morgan fingerprint density at radius 3 is 2.27 bits per heavy atom. The van der Waals surface area contributed by atoms with Gasteiger partial charge in [-0.3, -0.25) is 4.98 Å². The first-order valence-electron chi connectivity index (χ1n) is 11.3. The molecule has 0 atom stereocenters. The molecule has 0 bridgehead atoms. The second-order valence-corrected chi connectivity index (χ2v) is 10.6. The largest absolute Gasteiger partial charge is 0.478 e. The molecule has 1 aliphatic carbocycles. The molecule has 1 aliphatic rings. The molecule has 7 nitrogen and oxygen atoms in total. The Bertz CT molecular complexity index is 1580. The number of sulfonamides is 1. The first-order chi connectivity index (χ1) is 17.6. The minimum absolute atomic E-state index is 0.0845. The van der Waals surface area contributed by atoms with Crippen molar-refractivity contribution in [1.82, 2.24) is 9.97 Å². The van der Waals surface area contributed by atoms with Crippen molar-refractivity contribution >= 4 is 32.6 Å². The van der Waals surface area contributed by atoms with E-state index < -0.39 is 27.7 Å². The van der Waals surface area contributed by atoms with Crippen LogP contribution in [0, 0.1) is 0 Å². The van der Waals surface area contributed by atoms with E-state index in [-0.39, 0.29) is 34.4 Å². The fraction of sp³-hybridized carbons (Fsp3) is 0.192. The molecule has 0 saturated heterocycles. The van der Waals surface area contributed by atoms with Crippen molar-refractivity contribution < 1.29 is 31.5 Å². The topological polar surface area (TPSA) is 100 Å². The maximum Gasteiger partial charge on any atom is 0.417 e. The van der Waals surface area contributed by atoms with Crippen LogP contribution < -0.4 is 4.31 Å². The van der Waals surface area contributed by atoms with Crippen LogP contribution >= 0.6 is 0 Å². The fourth-order valence-electron chi connectivity index (χ4n) is 4.15. The van der Waals surface area contributed by atoms with E-state index in [1.807, 2.05) is 24.3 Å². The number of nitrogens with zero attached hydrogens (tertiary/aromatic N) is 3. The highest BCUT2D eigenvalue weighted by molar-refractivity contribution is 7.92. The average Bonchev–Trinajstić information content (AvgIpc) is 3.71. The van der Waals surface area contributed by atoms with Gasteiger partial charge in [-0.1, -0.05) is 24.3 Å². The van der Waals surface area contributed by atoms with Crippen molar-refractivity contribution in [2.24, 2.45) is 0 Å². The number of pyridine rings is 2. The number of fused-ring (bicyclic) bond motifs is 1. The summed E-state index contributed by atoms with van der Waals surface area (Å²) < 4.78 is 68.0. The van der Waals surface area contributed by atoms with Crippen LogP contribution in [0.25, 0.3) is 10.8 Å². The number of rotatable bonds is 7. The second-order valence-electron chi connectivity index (χ2n) is 8.73. The predicted octanol–water partition coefficient (Wildman–Crippen LogP) is 5.62. The Kier molecular flexibility index (Phi) is 6.10. The molecule has 5 rings (SSSR count). The molecule has 0 aliphatic heterocycles. The highest BCUT2D eigenvalue weighted by atomic mass is 32.2. The summed E-state index contributed by atoms with van der Waals surface area (Å²) in [7, 11) is -4.31. The number of anilines is 1. The lowest BCUT2D eigenvalue weighted by atomic mass is 10.0. The van der Waals surface area contributed by atoms with Crippen molar-refractivity contribution in [2.75, 3.05) is 4.31 Å². The summed E-state index contributed by atoms with van der Waals surface area (Å²) in [6, 6.07) is 14.2. The number of benzene rings is 2. The van der Waals surface area contributed by atoms with Gasteiger partial charge in [0.1, 0.15) is 5.82 Å². The summed E-state index contributed by atoms with van der Waals surface area (Å²) in [5.74, 6) is -0.951. The summed E-state index contributed by atoms with van der Waals surface area (Å²) in [6.45, 7) is -0.369. The van der Waals surface area contributed by atoms with Crippen LogP contribution in [0.3, 0.4) is 0 Å². The van der Waals surface area contributed by atoms with Gasteiger partial charge in [0.15, 0.2) is 0 Å². The van der Waals surface area contributed by atoms with Gasteiger partial charge in [0.25, 0.3) is 10.0 Å². The molecule has 1 fully saturated rings. The summed E-state index contributed by atoms with van der Waals surface area (Å²) in [5.41, 5.74) is -0.194. The number of hydrogen-bond donors (Lipinski definition) is 1. The number of carbonyl (C=O) groups is 1. The molecule has 37 heavy (non-hydrogen) atoms. The van der Waals surface area contributed by atoms with Crippen molar-refractivity contribution in [3.63, 3.8) is 0 Å². The summed E-state index contributed by atoms with van der Waals surface area (Å²) in [5, 5.41) is 10.9. The molecule has 0 amide bonds. The fourth-order valence-corrected chi connectivity index (χ4v) is 5.56. The summed E-state index contributed by atoms with van der Waals surface area (Å²) >= 11 is 0. The van der Waals surface area contributed by atoms with Gasteiger partial charge >= 0.3 is 12.1 Å². The van der Waals surface area contributed by atoms with Gasteiger partial charge in [0.05, 0.1) is 28.3 Å². The van der Waals surface area contributed by atoms with Crippen LogP contribution in [0.15, 0.2) is 78.0 Å². The van der Waals surface area contributed by atoms with Crippen LogP contribution in [-0.2, 0) is 22.7 Å². The molecule has 2 aromatic carbocycles. The molecular weight excluding hydrogens is 507 g/mol. The van der Waals surface area contributed by atoms with Gasteiger partial charge in [0, 0.05) is 23.3 Å². The van der Waals surface area contributed by atoms with Crippen molar-refractivity contribution in [2.45, 2.75) is 36.4 Å². The third-order valence-electron chi connectivity index (χ3n) is 6.19. The second kappa shape index (κ2) is 9.15. The van der Waals surface area contributed by atoms with Gasteiger partial charge in [-0.25, -0.2) is 22.5 Å². The molecule has 190 valence electrons. The summed E-state index contributed by atoms with van der Waals surface area (Å²) in [6.07, 6.45) is -0.656. The predicted molar refractivity (Wildman–Crippen MR) is 130 cm³/mol. The van der Waals surface area contributed by atoms with Gasteiger partial charge in [0.2, 0.25) is 0 Å². The first kappa shape index (κ1) is 24.7. The number of aromatic carboxylic acids is 1. The third kappa shape index (κ3) is 4.86. The SMILES string of the molecule is O=C(O)c1ccc(S(=O)(=O)N(Cc2ccc(C(F)(F)F)cn2)c2ncc3ccccc3c2C2CC2)cc1. The normalized spacial score (nSPS) is 14.0. The number of alkyl halides is 3. The van der Waals surface area contributed by atoms with Crippen LogP contribution in [0.2, 0.25) is 0 Å². The van der Waals surface area contributed by atoms with Crippen molar-refractivity contribution in [3.8, 4) is 0 Å². The number of aromatic nitrogens is 2. The quantitative estimate of drug-likeness (QED) is 0.335. The maximum atomic E-state index is 13.9. The van der Waals surface area contributed by atoms with E-state index in [0.29, 0.717) is 6.20 Å². The molecule has 4 aromatic rings. The molecular formula is C26H20F3N3O4S. The number of halogens is 3. The zero-order valence-electron chi connectivity index (χ0n) is 19.2. The molecule has 0 radical (unpaired) electrons. The van der Waals surface area contributed by atoms with Crippen LogP contribution in [0.4, 0.5) is 19.0 Å². The van der Waals surface area contributed by atoms with E-state index in [1.165, 1.54) is 24.3 Å². The number of carboxylic acid groups (broad SMARTS) is 1. The molecule has 2 heterocycles. The molecule has 2 aromatic heterocycles. The molecule has 11 heteroatoms. The lowest BCUT2D eigenvalue weighted by Gasteiger charge is -2.26. The van der Waals surface area contributed by atoms with Gasteiger partial charge < -0.3 is 5.11 Å². The monoisotopic (exact) mass is 527 g/mol. The van der Waals surface area contributed by atoms with Crippen molar-refractivity contribution in [1.29, 1.82) is 0 Å². The minimum atomic E-state index is -4.58. The molecule has 0 unspecified atom stereocenters. The van der Waals surface area contributed by atoms with E-state index in [0.717, 1.165) is 45.6 Å². The Hall–Kier alpha value is -3.99. The van der Waals surface area contributed by atoms with Crippen LogP contribution in [0.1, 0.15) is 45.9 Å². The standard InChI is InChI=1S/C26H20F3N3O4S/c27-26(28,29)19-9-10-20(30-14-19)15-32(37(35,36)21-11-7-17(8-12-21)25(33)34)24-23(16-5-6-16)22-4-2-1-3-18(22)13-31-24/h1-4,7-14,16H,5-6,15H2,(H,33,34). The van der Waals surface area contributed by atoms with Crippen LogP contribution in [0.5, 0.6) is 0 Å². The highest BCUT2D eigenvalue weighted by Crippen LogP contribution is 2.47. The maximum absolute atomic E-state index is 13.9. The first-order valence-corrected chi connectivity index (χ1v) is 12.8.